The lowest BCUT2D eigenvalue weighted by Gasteiger charge is -2.09. The van der Waals surface area contributed by atoms with Gasteiger partial charge in [-0.15, -0.1) is 16.8 Å². The molecule has 116 valence electrons. The van der Waals surface area contributed by atoms with E-state index in [9.17, 15) is 4.79 Å². The van der Waals surface area contributed by atoms with E-state index in [1.807, 2.05) is 39.0 Å². The molecule has 0 amide bonds. The van der Waals surface area contributed by atoms with Gasteiger partial charge in [0.25, 0.3) is 0 Å². The second-order valence-corrected chi connectivity index (χ2v) is 7.53. The Morgan fingerprint density at radius 2 is 2.18 bits per heavy atom. The van der Waals surface area contributed by atoms with E-state index < -0.39 is 0 Å². The number of carbonyl (C=O) groups excluding carboxylic acids is 1. The highest BCUT2D eigenvalue weighted by Gasteiger charge is 2.19. The second-order valence-electron chi connectivity index (χ2n) is 4.97. The van der Waals surface area contributed by atoms with Gasteiger partial charge in [-0.2, -0.15) is 0 Å². The zero-order chi connectivity index (χ0) is 16.1. The number of aromatic nitrogens is 2. The minimum atomic E-state index is -0.192. The Kier molecular flexibility index (Phi) is 5.74. The predicted octanol–water partition coefficient (Wildman–Crippen LogP) is 4.12. The first-order chi connectivity index (χ1) is 10.5. The third kappa shape index (κ3) is 4.18. The van der Waals surface area contributed by atoms with Gasteiger partial charge < -0.3 is 5.32 Å². The first-order valence-electron chi connectivity index (χ1n) is 6.97. The van der Waals surface area contributed by atoms with Crippen LogP contribution in [0.1, 0.15) is 28.4 Å². The van der Waals surface area contributed by atoms with Gasteiger partial charge in [0.1, 0.15) is 0 Å². The van der Waals surface area contributed by atoms with Crippen LogP contribution in [-0.4, -0.2) is 27.8 Å². The summed E-state index contributed by atoms with van der Waals surface area (Å²) in [4.78, 5) is 12.5. The van der Waals surface area contributed by atoms with Gasteiger partial charge in [-0.25, -0.2) is 0 Å². The van der Waals surface area contributed by atoms with E-state index in [0.29, 0.717) is 6.54 Å². The minimum absolute atomic E-state index is 0.115. The zero-order valence-electron chi connectivity index (χ0n) is 12.9. The van der Waals surface area contributed by atoms with Gasteiger partial charge in [-0.05, 0) is 38.0 Å². The molecule has 0 saturated carbocycles. The predicted molar refractivity (Wildman–Crippen MR) is 94.2 cm³/mol. The molecular weight excluding hydrogens is 314 g/mol. The standard InChI is InChI=1S/C16H19N3OS2/c1-5-8-17-15-18-19-16(22-15)21-12(4)14(20)13-7-6-10(2)11(3)9-13/h5-7,9,12H,1,8H2,2-4H3,(H,17,18). The van der Waals surface area contributed by atoms with Crippen molar-refractivity contribution in [3.63, 3.8) is 0 Å². The van der Waals surface area contributed by atoms with Gasteiger partial charge in [0, 0.05) is 12.1 Å². The molecule has 0 aliphatic carbocycles. The molecule has 0 radical (unpaired) electrons. The van der Waals surface area contributed by atoms with Crippen LogP contribution in [0.5, 0.6) is 0 Å². The first kappa shape index (κ1) is 16.7. The number of carbonyl (C=O) groups is 1. The Morgan fingerprint density at radius 3 is 2.86 bits per heavy atom. The number of thioether (sulfide) groups is 1. The molecule has 0 fully saturated rings. The summed E-state index contributed by atoms with van der Waals surface area (Å²) >= 11 is 2.89. The molecule has 1 N–H and O–H groups in total. The molecule has 0 aliphatic rings. The fourth-order valence-corrected chi connectivity index (χ4v) is 3.80. The number of aryl methyl sites for hydroxylation is 2. The molecule has 1 aromatic carbocycles. The number of hydrogen-bond acceptors (Lipinski definition) is 6. The molecule has 4 nitrogen and oxygen atoms in total. The van der Waals surface area contributed by atoms with Crippen LogP contribution in [0.3, 0.4) is 0 Å². The Bertz CT molecular complexity index is 682. The lowest BCUT2D eigenvalue weighted by atomic mass is 10.0. The van der Waals surface area contributed by atoms with Gasteiger partial charge in [0.15, 0.2) is 10.1 Å². The van der Waals surface area contributed by atoms with Crippen LogP contribution >= 0.6 is 23.1 Å². The van der Waals surface area contributed by atoms with Crippen LogP contribution < -0.4 is 5.32 Å². The van der Waals surface area contributed by atoms with Crippen LogP contribution in [0, 0.1) is 13.8 Å². The van der Waals surface area contributed by atoms with Crippen LogP contribution in [0.2, 0.25) is 0 Å². The molecule has 1 unspecified atom stereocenters. The number of ketones is 1. The van der Waals surface area contributed by atoms with Gasteiger partial charge in [0.05, 0.1) is 5.25 Å². The van der Waals surface area contributed by atoms with E-state index in [-0.39, 0.29) is 11.0 Å². The van der Waals surface area contributed by atoms with Gasteiger partial charge in [-0.3, -0.25) is 4.79 Å². The lowest BCUT2D eigenvalue weighted by Crippen LogP contribution is -2.13. The van der Waals surface area contributed by atoms with Gasteiger partial charge >= 0.3 is 0 Å². The highest BCUT2D eigenvalue weighted by atomic mass is 32.2. The van der Waals surface area contributed by atoms with Crippen LogP contribution in [-0.2, 0) is 0 Å². The quantitative estimate of drug-likeness (QED) is 0.469. The monoisotopic (exact) mass is 333 g/mol. The highest BCUT2D eigenvalue weighted by Crippen LogP contribution is 2.30. The average molecular weight is 333 g/mol. The van der Waals surface area contributed by atoms with E-state index >= 15 is 0 Å². The third-order valence-electron chi connectivity index (χ3n) is 3.24. The van der Waals surface area contributed by atoms with E-state index in [2.05, 4.69) is 22.1 Å². The van der Waals surface area contributed by atoms with Crippen LogP contribution in [0.15, 0.2) is 35.2 Å². The van der Waals surface area contributed by atoms with Gasteiger partial charge in [0.2, 0.25) is 5.13 Å². The number of nitrogens with zero attached hydrogens (tertiary/aromatic N) is 2. The largest absolute Gasteiger partial charge is 0.357 e. The van der Waals surface area contributed by atoms with Crippen molar-refractivity contribution >= 4 is 34.0 Å². The molecule has 1 atom stereocenters. The normalized spacial score (nSPS) is 12.0. The van der Waals surface area contributed by atoms with Crippen molar-refractivity contribution in [1.29, 1.82) is 0 Å². The summed E-state index contributed by atoms with van der Waals surface area (Å²) in [6, 6.07) is 5.83. The molecule has 0 aliphatic heterocycles. The molecule has 2 aromatic rings. The molecule has 0 saturated heterocycles. The van der Waals surface area contributed by atoms with Crippen molar-refractivity contribution < 1.29 is 4.79 Å². The number of benzene rings is 1. The molecule has 1 aromatic heterocycles. The Morgan fingerprint density at radius 1 is 1.41 bits per heavy atom. The number of anilines is 1. The molecule has 22 heavy (non-hydrogen) atoms. The number of hydrogen-bond donors (Lipinski definition) is 1. The second kappa shape index (κ2) is 7.56. The molecule has 2 rings (SSSR count). The smallest absolute Gasteiger partial charge is 0.206 e. The van der Waals surface area contributed by atoms with E-state index in [1.165, 1.54) is 28.7 Å². The van der Waals surface area contributed by atoms with Crippen LogP contribution in [0.4, 0.5) is 5.13 Å². The van der Waals surface area contributed by atoms with Crippen LogP contribution in [0.25, 0.3) is 0 Å². The Hall–Kier alpha value is -1.66. The van der Waals surface area contributed by atoms with E-state index in [0.717, 1.165) is 20.6 Å². The summed E-state index contributed by atoms with van der Waals surface area (Å²) in [5.41, 5.74) is 3.08. The van der Waals surface area contributed by atoms with Gasteiger partial charge in [-0.1, -0.05) is 41.3 Å². The molecule has 1 heterocycles. The number of nitrogens with one attached hydrogen (secondary N) is 1. The highest BCUT2D eigenvalue weighted by molar-refractivity contribution is 8.02. The van der Waals surface area contributed by atoms with Crippen molar-refractivity contribution in [2.24, 2.45) is 0 Å². The van der Waals surface area contributed by atoms with Crippen molar-refractivity contribution in [3.05, 3.63) is 47.5 Å². The van der Waals surface area contributed by atoms with E-state index in [1.54, 1.807) is 6.08 Å². The van der Waals surface area contributed by atoms with Crippen molar-refractivity contribution in [3.8, 4) is 0 Å². The topological polar surface area (TPSA) is 54.9 Å². The Labute approximate surface area is 139 Å². The Balaban J connectivity index is 2.02. The fourth-order valence-electron chi connectivity index (χ4n) is 1.82. The number of Topliss-reactive ketones (excluding diaryl/α,β-unsaturated/α-hetero) is 1. The maximum atomic E-state index is 12.5. The molecule has 6 heteroatoms. The third-order valence-corrected chi connectivity index (χ3v) is 5.31. The first-order valence-corrected chi connectivity index (χ1v) is 8.67. The molecular formula is C16H19N3OS2. The molecule has 0 spiro atoms. The minimum Gasteiger partial charge on any atom is -0.357 e. The maximum Gasteiger partial charge on any atom is 0.206 e. The fraction of sp³-hybridized carbons (Fsp3) is 0.312. The zero-order valence-corrected chi connectivity index (χ0v) is 14.6. The van der Waals surface area contributed by atoms with Crippen molar-refractivity contribution in [2.45, 2.75) is 30.4 Å². The summed E-state index contributed by atoms with van der Waals surface area (Å²) in [7, 11) is 0. The average Bonchev–Trinajstić information content (AvgIpc) is 2.94. The maximum absolute atomic E-state index is 12.5. The summed E-state index contributed by atoms with van der Waals surface area (Å²) in [5.74, 6) is 0.115. The summed E-state index contributed by atoms with van der Waals surface area (Å²) < 4.78 is 0.788. The number of rotatable bonds is 7. The van der Waals surface area contributed by atoms with Crippen molar-refractivity contribution in [1.82, 2.24) is 10.2 Å². The lowest BCUT2D eigenvalue weighted by molar-refractivity contribution is 0.0994. The SMILES string of the molecule is C=CCNc1nnc(SC(C)C(=O)c2ccc(C)c(C)c2)s1. The molecule has 0 bridgehead atoms. The van der Waals surface area contributed by atoms with Crippen molar-refractivity contribution in [2.75, 3.05) is 11.9 Å². The summed E-state index contributed by atoms with van der Waals surface area (Å²) in [6.07, 6.45) is 1.76. The van der Waals surface area contributed by atoms with E-state index in [4.69, 9.17) is 0 Å². The summed E-state index contributed by atoms with van der Waals surface area (Å²) in [5, 5.41) is 11.8. The summed E-state index contributed by atoms with van der Waals surface area (Å²) in [6.45, 7) is 10.3.